The van der Waals surface area contributed by atoms with Crippen molar-refractivity contribution in [2.24, 2.45) is 0 Å². The summed E-state index contributed by atoms with van der Waals surface area (Å²) in [5.74, 6) is 0.325. The van der Waals surface area contributed by atoms with Crippen LogP contribution in [0.3, 0.4) is 0 Å². The van der Waals surface area contributed by atoms with Crippen LogP contribution in [0.25, 0.3) is 11.3 Å². The van der Waals surface area contributed by atoms with Crippen LogP contribution in [0, 0.1) is 0 Å². The monoisotopic (exact) mass is 550 g/mol. The van der Waals surface area contributed by atoms with Crippen molar-refractivity contribution in [1.29, 1.82) is 0 Å². The molecule has 204 valence electrons. The van der Waals surface area contributed by atoms with E-state index in [2.05, 4.69) is 10.6 Å². The van der Waals surface area contributed by atoms with E-state index in [9.17, 15) is 18.0 Å². The summed E-state index contributed by atoms with van der Waals surface area (Å²) in [6.45, 7) is -0.319. The molecular formula is C28H30N4O6S. The van der Waals surface area contributed by atoms with E-state index in [-0.39, 0.29) is 18.4 Å². The average Bonchev–Trinajstić information content (AvgIpc) is 3.23. The number of carbonyl (C=O) groups excluding carboxylic acids is 2. The van der Waals surface area contributed by atoms with Gasteiger partial charge in [0.05, 0.1) is 43.1 Å². The number of benzene rings is 3. The zero-order chi connectivity index (χ0) is 28.3. The molecule has 0 unspecified atom stereocenters. The summed E-state index contributed by atoms with van der Waals surface area (Å²) < 4.78 is 36.8. The van der Waals surface area contributed by atoms with Crippen molar-refractivity contribution in [3.05, 3.63) is 77.9 Å². The van der Waals surface area contributed by atoms with E-state index in [1.165, 1.54) is 19.1 Å². The first kappa shape index (κ1) is 27.5. The van der Waals surface area contributed by atoms with Crippen molar-refractivity contribution in [3.63, 3.8) is 0 Å². The highest BCUT2D eigenvalue weighted by Gasteiger charge is 2.30. The van der Waals surface area contributed by atoms with Crippen LogP contribution < -0.4 is 24.4 Å². The molecule has 0 aliphatic carbocycles. The molecule has 0 radical (unpaired) electrons. The van der Waals surface area contributed by atoms with Gasteiger partial charge in [-0.3, -0.25) is 13.9 Å². The molecule has 39 heavy (non-hydrogen) atoms. The molecule has 3 aromatic rings. The van der Waals surface area contributed by atoms with Gasteiger partial charge >= 0.3 is 0 Å². The second-order valence-electron chi connectivity index (χ2n) is 9.05. The highest BCUT2D eigenvalue weighted by molar-refractivity contribution is 7.92. The highest BCUT2D eigenvalue weighted by atomic mass is 32.2. The van der Waals surface area contributed by atoms with Crippen LogP contribution in [0.2, 0.25) is 0 Å². The number of hydrogen-bond acceptors (Lipinski definition) is 7. The van der Waals surface area contributed by atoms with E-state index in [0.29, 0.717) is 45.4 Å². The molecule has 1 aliphatic heterocycles. The second-order valence-corrected chi connectivity index (χ2v) is 11.0. The third-order valence-corrected chi connectivity index (χ3v) is 7.32. The number of amides is 2. The minimum atomic E-state index is -3.71. The molecule has 0 saturated heterocycles. The summed E-state index contributed by atoms with van der Waals surface area (Å²) in [5.41, 5.74) is 3.92. The molecular weight excluding hydrogens is 520 g/mol. The van der Waals surface area contributed by atoms with Crippen LogP contribution in [0.5, 0.6) is 11.5 Å². The summed E-state index contributed by atoms with van der Waals surface area (Å²) in [5, 5.41) is 6.24. The van der Waals surface area contributed by atoms with Crippen LogP contribution in [0.1, 0.15) is 11.1 Å². The predicted molar refractivity (Wildman–Crippen MR) is 152 cm³/mol. The molecule has 2 amide bonds. The van der Waals surface area contributed by atoms with Gasteiger partial charge in [-0.15, -0.1) is 0 Å². The third-order valence-electron chi connectivity index (χ3n) is 6.18. The van der Waals surface area contributed by atoms with E-state index in [0.717, 1.165) is 16.1 Å². The lowest BCUT2D eigenvalue weighted by Crippen LogP contribution is -2.39. The Morgan fingerprint density at radius 3 is 2.13 bits per heavy atom. The predicted octanol–water partition coefficient (Wildman–Crippen LogP) is 3.49. The topological polar surface area (TPSA) is 117 Å². The van der Waals surface area contributed by atoms with E-state index < -0.39 is 10.0 Å². The third kappa shape index (κ3) is 5.83. The molecule has 11 heteroatoms. The van der Waals surface area contributed by atoms with E-state index in [1.54, 1.807) is 50.5 Å². The number of likely N-dealkylation sites (N-methyl/N-ethyl adjacent to an activating group) is 1. The summed E-state index contributed by atoms with van der Waals surface area (Å²) in [6.07, 6.45) is 1.06. The molecule has 0 atom stereocenters. The van der Waals surface area contributed by atoms with Gasteiger partial charge in [0.25, 0.3) is 5.91 Å². The summed E-state index contributed by atoms with van der Waals surface area (Å²) >= 11 is 0. The Kier molecular flexibility index (Phi) is 7.82. The van der Waals surface area contributed by atoms with Crippen LogP contribution in [0.15, 0.2) is 66.7 Å². The molecule has 2 N–H and O–H groups in total. The van der Waals surface area contributed by atoms with Gasteiger partial charge in [0, 0.05) is 31.4 Å². The largest absolute Gasteiger partial charge is 0.493 e. The van der Waals surface area contributed by atoms with E-state index >= 15 is 0 Å². The number of carbonyl (C=O) groups is 2. The first-order chi connectivity index (χ1) is 18.5. The number of nitrogens with zero attached hydrogens (tertiary/aromatic N) is 2. The van der Waals surface area contributed by atoms with Crippen LogP contribution in [0.4, 0.5) is 17.1 Å². The Morgan fingerprint density at radius 2 is 1.56 bits per heavy atom. The van der Waals surface area contributed by atoms with E-state index in [1.807, 2.05) is 30.3 Å². The quantitative estimate of drug-likeness (QED) is 0.392. The normalized spacial score (nSPS) is 13.7. The zero-order valence-corrected chi connectivity index (χ0v) is 23.1. The number of anilines is 3. The van der Waals surface area contributed by atoms with Crippen molar-refractivity contribution in [2.45, 2.75) is 0 Å². The summed E-state index contributed by atoms with van der Waals surface area (Å²) in [6, 6.07) is 19.5. The molecule has 0 spiro atoms. The van der Waals surface area contributed by atoms with Gasteiger partial charge in [0.15, 0.2) is 11.5 Å². The van der Waals surface area contributed by atoms with Crippen LogP contribution in [-0.4, -0.2) is 66.2 Å². The second kappa shape index (κ2) is 11.1. The molecule has 0 fully saturated rings. The average molecular weight is 551 g/mol. The Hall–Kier alpha value is -4.51. The number of fused-ring (bicyclic) bond motifs is 1. The van der Waals surface area contributed by atoms with Crippen molar-refractivity contribution in [3.8, 4) is 11.5 Å². The van der Waals surface area contributed by atoms with Gasteiger partial charge in [-0.25, -0.2) is 8.42 Å². The number of hydrogen-bond donors (Lipinski definition) is 2. The molecule has 1 aliphatic rings. The Morgan fingerprint density at radius 1 is 0.949 bits per heavy atom. The minimum absolute atomic E-state index is 0.297. The lowest BCUT2D eigenvalue weighted by atomic mass is 9.99. The van der Waals surface area contributed by atoms with Crippen molar-refractivity contribution in [1.82, 2.24) is 4.90 Å². The lowest BCUT2D eigenvalue weighted by molar-refractivity contribution is -0.127. The molecule has 3 aromatic carbocycles. The lowest BCUT2D eigenvalue weighted by Gasteiger charge is -2.24. The maximum Gasteiger partial charge on any atom is 0.258 e. The Labute approximate surface area is 227 Å². The van der Waals surface area contributed by atoms with Gasteiger partial charge in [-0.1, -0.05) is 30.3 Å². The number of ether oxygens (including phenoxy) is 2. The Balaban J connectivity index is 1.77. The van der Waals surface area contributed by atoms with Crippen LogP contribution in [-0.2, 0) is 19.6 Å². The number of nitrogens with one attached hydrogen (secondary N) is 2. The standard InChI is InChI=1S/C28H30N4O6S/c1-31(2)25(33)17-32(39(5,35)36)20-13-11-19(12-14-20)29-27(18-9-7-6-8-10-18)26-21-15-23(37-3)24(38-4)16-22(21)30-28(26)34/h6-16,29H,17H2,1-5H3,(H,30,34)/b27-26-. The van der Waals surface area contributed by atoms with Crippen LogP contribution >= 0.6 is 0 Å². The van der Waals surface area contributed by atoms with Crippen molar-refractivity contribution < 1.29 is 27.5 Å². The van der Waals surface area contributed by atoms with Gasteiger partial charge < -0.3 is 25.0 Å². The van der Waals surface area contributed by atoms with Gasteiger partial charge in [-0.05, 0) is 35.9 Å². The van der Waals surface area contributed by atoms with E-state index in [4.69, 9.17) is 9.47 Å². The smallest absolute Gasteiger partial charge is 0.258 e. The molecule has 0 bridgehead atoms. The first-order valence-corrected chi connectivity index (χ1v) is 13.8. The summed E-state index contributed by atoms with van der Waals surface area (Å²) in [7, 11) is 2.48. The maximum atomic E-state index is 13.2. The van der Waals surface area contributed by atoms with Crippen molar-refractivity contribution in [2.75, 3.05) is 56.1 Å². The molecule has 0 aromatic heterocycles. The maximum absolute atomic E-state index is 13.2. The molecule has 1 heterocycles. The minimum Gasteiger partial charge on any atom is -0.493 e. The first-order valence-electron chi connectivity index (χ1n) is 12.0. The number of rotatable bonds is 9. The molecule has 0 saturated carbocycles. The summed E-state index contributed by atoms with van der Waals surface area (Å²) in [4.78, 5) is 26.8. The Bertz CT molecular complexity index is 1530. The van der Waals surface area contributed by atoms with Gasteiger partial charge in [-0.2, -0.15) is 0 Å². The fourth-order valence-corrected chi connectivity index (χ4v) is 5.00. The highest BCUT2D eigenvalue weighted by Crippen LogP contribution is 2.43. The fourth-order valence-electron chi connectivity index (χ4n) is 4.15. The number of methoxy groups -OCH3 is 2. The fraction of sp³-hybridized carbons (Fsp3) is 0.214. The molecule has 10 nitrogen and oxygen atoms in total. The van der Waals surface area contributed by atoms with Gasteiger partial charge in [0.2, 0.25) is 15.9 Å². The zero-order valence-electron chi connectivity index (χ0n) is 22.3. The SMILES string of the molecule is COc1cc2c(cc1OC)/C(=C(/Nc1ccc(N(CC(=O)N(C)C)S(C)(=O)=O)cc1)c1ccccc1)C(=O)N2. The van der Waals surface area contributed by atoms with Crippen molar-refractivity contribution >= 4 is 50.2 Å². The number of sulfonamides is 1. The van der Waals surface area contributed by atoms with Gasteiger partial charge in [0.1, 0.15) is 6.54 Å². The molecule has 4 rings (SSSR count).